The van der Waals surface area contributed by atoms with Crippen molar-refractivity contribution in [2.24, 2.45) is 17.8 Å². The van der Waals surface area contributed by atoms with Crippen LogP contribution in [0.4, 0.5) is 64.5 Å². The molecule has 2 aliphatic carbocycles. The summed E-state index contributed by atoms with van der Waals surface area (Å²) in [5.41, 5.74) is -4.84. The van der Waals surface area contributed by atoms with E-state index in [9.17, 15) is 58.3 Å². The number of benzene rings is 3. The highest BCUT2D eigenvalue weighted by Gasteiger charge is 2.56. The monoisotopic (exact) mass is 842 g/mol. The standard InChI is InChI=1S/C39H29F11N4O5/c1-58-29-14-13-28(23-15-18(7-11-26(23)40)33(39(48,49)50)59-36(57)52-19-5-3-2-4-6-19)53-32(29)35(56)54-31-22-10-9-21(24(22)17-37(42,43)44)30(31)34(55)51-20-8-12-27(41)25(16-20)38(45,46)47/h2-8,11-17,21-22,30-31,33H,9-10H2,1H3,(H,51,55)(H,52,57)(H,54,56)/b24-17-/t21?,22?,30-,31+,33-/m0/s1. The van der Waals surface area contributed by atoms with Crippen LogP contribution in [0, 0.1) is 29.4 Å². The number of amides is 3. The van der Waals surface area contributed by atoms with Gasteiger partial charge in [0.25, 0.3) is 5.91 Å². The van der Waals surface area contributed by atoms with Gasteiger partial charge in [-0.3, -0.25) is 14.9 Å². The summed E-state index contributed by atoms with van der Waals surface area (Å²) in [4.78, 5) is 44.1. The largest absolute Gasteiger partial charge is 0.494 e. The lowest BCUT2D eigenvalue weighted by molar-refractivity contribution is -0.205. The number of aromatic nitrogens is 1. The first kappa shape index (κ1) is 42.4. The number of carbonyl (C=O) groups is 3. The molecule has 9 nitrogen and oxygen atoms in total. The number of pyridine rings is 1. The summed E-state index contributed by atoms with van der Waals surface area (Å²) < 4.78 is 163. The molecule has 2 aliphatic rings. The number of nitrogens with one attached hydrogen (secondary N) is 3. The first-order valence-corrected chi connectivity index (χ1v) is 17.4. The summed E-state index contributed by atoms with van der Waals surface area (Å²) in [5, 5.41) is 6.79. The number of anilines is 2. The number of rotatable bonds is 9. The second kappa shape index (κ2) is 16.2. The van der Waals surface area contributed by atoms with Gasteiger partial charge in [0.15, 0.2) is 5.69 Å². The number of alkyl halides is 9. The van der Waals surface area contributed by atoms with Crippen LogP contribution in [0.1, 0.15) is 40.6 Å². The summed E-state index contributed by atoms with van der Waals surface area (Å²) in [5.74, 6) is -9.11. The minimum absolute atomic E-state index is 0.0140. The molecule has 2 bridgehead atoms. The van der Waals surface area contributed by atoms with Gasteiger partial charge >= 0.3 is 24.6 Å². The van der Waals surface area contributed by atoms with Crippen molar-refractivity contribution in [2.75, 3.05) is 17.7 Å². The minimum Gasteiger partial charge on any atom is -0.494 e. The normalized spacial score (nSPS) is 20.2. The molecule has 2 fully saturated rings. The summed E-state index contributed by atoms with van der Waals surface area (Å²) in [6, 6.07) is 11.7. The topological polar surface area (TPSA) is 119 Å². The van der Waals surface area contributed by atoms with E-state index in [0.29, 0.717) is 30.3 Å². The van der Waals surface area contributed by atoms with Crippen LogP contribution >= 0.6 is 0 Å². The molecule has 1 aromatic heterocycles. The third kappa shape index (κ3) is 9.41. The second-order valence-electron chi connectivity index (χ2n) is 13.5. The Morgan fingerprint density at radius 1 is 0.797 bits per heavy atom. The van der Waals surface area contributed by atoms with Crippen molar-refractivity contribution in [3.05, 3.63) is 119 Å². The smallest absolute Gasteiger partial charge is 0.429 e. The Bertz CT molecular complexity index is 2280. The Hall–Kier alpha value is -6.21. The van der Waals surface area contributed by atoms with Crippen molar-refractivity contribution in [3.63, 3.8) is 0 Å². The molecule has 3 aromatic carbocycles. The highest BCUT2D eigenvalue weighted by atomic mass is 19.4. The van der Waals surface area contributed by atoms with E-state index in [1.165, 1.54) is 24.3 Å². The van der Waals surface area contributed by atoms with Crippen molar-refractivity contribution < 1.29 is 72.2 Å². The lowest BCUT2D eigenvalue weighted by Gasteiger charge is -2.30. The fourth-order valence-electron chi connectivity index (χ4n) is 7.37. The number of fused-ring (bicyclic) bond motifs is 2. The predicted molar refractivity (Wildman–Crippen MR) is 187 cm³/mol. The molecule has 20 heteroatoms. The Morgan fingerprint density at radius 2 is 1.47 bits per heavy atom. The van der Waals surface area contributed by atoms with Crippen molar-refractivity contribution in [3.8, 4) is 17.0 Å². The second-order valence-corrected chi connectivity index (χ2v) is 13.5. The van der Waals surface area contributed by atoms with E-state index in [-0.39, 0.29) is 35.9 Å². The zero-order valence-corrected chi connectivity index (χ0v) is 30.0. The van der Waals surface area contributed by atoms with E-state index in [2.05, 4.69) is 25.7 Å². The highest BCUT2D eigenvalue weighted by molar-refractivity contribution is 5.98. The SMILES string of the molecule is COc1ccc(-c2cc([C@H](OC(=O)Nc3ccccc3)C(F)(F)F)ccc2F)nc1C(=O)N[C@@H]1C2CCC(/C2=C/C(F)(F)F)[C@@H]1C(=O)Nc1ccc(F)c(C(F)(F)F)c1. The third-order valence-corrected chi connectivity index (χ3v) is 9.77. The van der Waals surface area contributed by atoms with Crippen molar-refractivity contribution >= 4 is 29.3 Å². The zero-order chi connectivity index (χ0) is 43.0. The number of methoxy groups -OCH3 is 1. The molecule has 4 aromatic rings. The summed E-state index contributed by atoms with van der Waals surface area (Å²) >= 11 is 0. The zero-order valence-electron chi connectivity index (χ0n) is 30.0. The first-order chi connectivity index (χ1) is 27.6. The lowest BCUT2D eigenvalue weighted by Crippen LogP contribution is -2.48. The van der Waals surface area contributed by atoms with Crippen LogP contribution in [0.3, 0.4) is 0 Å². The molecule has 312 valence electrons. The molecule has 5 atom stereocenters. The van der Waals surface area contributed by atoms with E-state index in [1.54, 1.807) is 6.07 Å². The molecule has 3 N–H and O–H groups in total. The van der Waals surface area contributed by atoms with Gasteiger partial charge in [-0.05, 0) is 73.4 Å². The molecule has 2 unspecified atom stereocenters. The van der Waals surface area contributed by atoms with Gasteiger partial charge in [0.1, 0.15) is 17.4 Å². The number of carbonyl (C=O) groups excluding carboxylic acids is 3. The fraction of sp³-hybridized carbons (Fsp3) is 0.282. The highest BCUT2D eigenvalue weighted by Crippen LogP contribution is 2.54. The van der Waals surface area contributed by atoms with E-state index in [4.69, 9.17) is 4.74 Å². The molecule has 0 radical (unpaired) electrons. The minimum atomic E-state index is -5.21. The van der Waals surface area contributed by atoms with Crippen LogP contribution in [0.5, 0.6) is 5.75 Å². The van der Waals surface area contributed by atoms with Gasteiger partial charge in [-0.1, -0.05) is 29.8 Å². The number of ether oxygens (including phenoxy) is 2. The Morgan fingerprint density at radius 3 is 2.12 bits per heavy atom. The van der Waals surface area contributed by atoms with Gasteiger partial charge < -0.3 is 20.1 Å². The van der Waals surface area contributed by atoms with Crippen LogP contribution in [-0.4, -0.2) is 48.4 Å². The van der Waals surface area contributed by atoms with Gasteiger partial charge in [-0.25, -0.2) is 18.6 Å². The molecule has 59 heavy (non-hydrogen) atoms. The maximum Gasteiger partial charge on any atom is 0.429 e. The van der Waals surface area contributed by atoms with Crippen LogP contribution < -0.4 is 20.7 Å². The van der Waals surface area contributed by atoms with Crippen molar-refractivity contribution in [1.29, 1.82) is 0 Å². The Balaban J connectivity index is 1.31. The number of hydrogen-bond donors (Lipinski definition) is 3. The lowest BCUT2D eigenvalue weighted by atomic mass is 9.83. The van der Waals surface area contributed by atoms with E-state index in [1.807, 2.05) is 0 Å². The summed E-state index contributed by atoms with van der Waals surface area (Å²) in [6.07, 6.45) is -19.6. The molecule has 0 aliphatic heterocycles. The van der Waals surface area contributed by atoms with Crippen LogP contribution in [0.2, 0.25) is 0 Å². The van der Waals surface area contributed by atoms with E-state index < -0.39 is 112 Å². The number of hydrogen-bond acceptors (Lipinski definition) is 6. The van der Waals surface area contributed by atoms with Gasteiger partial charge in [0.05, 0.1) is 24.3 Å². The van der Waals surface area contributed by atoms with Gasteiger partial charge in [-0.15, -0.1) is 0 Å². The van der Waals surface area contributed by atoms with Crippen LogP contribution in [0.25, 0.3) is 11.3 Å². The van der Waals surface area contributed by atoms with Crippen molar-refractivity contribution in [1.82, 2.24) is 10.3 Å². The van der Waals surface area contributed by atoms with Gasteiger partial charge in [0, 0.05) is 40.5 Å². The molecule has 2 saturated carbocycles. The van der Waals surface area contributed by atoms with Gasteiger partial charge in [-0.2, -0.15) is 39.5 Å². The average molecular weight is 843 g/mol. The molecular weight excluding hydrogens is 813 g/mol. The van der Waals surface area contributed by atoms with Gasteiger partial charge in [0.2, 0.25) is 12.0 Å². The molecule has 6 rings (SSSR count). The average Bonchev–Trinajstić information content (AvgIpc) is 3.66. The summed E-state index contributed by atoms with van der Waals surface area (Å²) in [6.45, 7) is 0. The molecule has 3 amide bonds. The number of para-hydroxylation sites is 1. The maximum atomic E-state index is 15.3. The van der Waals surface area contributed by atoms with E-state index in [0.717, 1.165) is 25.3 Å². The molecular formula is C39H29F11N4O5. The maximum absolute atomic E-state index is 15.3. The molecule has 1 heterocycles. The Kier molecular flexibility index (Phi) is 11.6. The molecule has 0 saturated heterocycles. The third-order valence-electron chi connectivity index (χ3n) is 9.77. The van der Waals surface area contributed by atoms with E-state index >= 15 is 4.39 Å². The predicted octanol–water partition coefficient (Wildman–Crippen LogP) is 9.79. The Labute approximate surface area is 326 Å². The number of halogens is 11. The number of allylic oxidation sites excluding steroid dienone is 1. The van der Waals surface area contributed by atoms with Crippen LogP contribution in [-0.2, 0) is 15.7 Å². The summed E-state index contributed by atoms with van der Waals surface area (Å²) in [7, 11) is 1.09. The number of nitrogens with zero attached hydrogens (tertiary/aromatic N) is 1. The fourth-order valence-corrected chi connectivity index (χ4v) is 7.37. The quantitative estimate of drug-likeness (QED) is 0.114. The van der Waals surface area contributed by atoms with Crippen molar-refractivity contribution in [2.45, 2.75) is 43.5 Å². The molecule has 0 spiro atoms. The first-order valence-electron chi connectivity index (χ1n) is 17.4. The van der Waals surface area contributed by atoms with Crippen LogP contribution in [0.15, 0.2) is 90.5 Å².